The predicted molar refractivity (Wildman–Crippen MR) is 130 cm³/mol. The van der Waals surface area contributed by atoms with Crippen molar-refractivity contribution in [3.8, 4) is 0 Å². The molecule has 4 heteroatoms. The summed E-state index contributed by atoms with van der Waals surface area (Å²) in [6.45, 7) is 14.0. The van der Waals surface area contributed by atoms with E-state index in [0.717, 1.165) is 18.4 Å². The average molecular weight is 411 g/mol. The maximum absolute atomic E-state index is 3.68. The standard InChI is InChI=1S/C25H54N4/c1-3-5-6-7-8-9-10-11-17-27-18-13-15-20-29-23-25-21-24(25)22-28-19-14-12-16-26-4-2/h24-29H,3-23H2,1-2H3/t24-,25+/m0/s1. The van der Waals surface area contributed by atoms with Gasteiger partial charge in [-0.25, -0.2) is 0 Å². The smallest absolute Gasteiger partial charge is 0.00173 e. The van der Waals surface area contributed by atoms with E-state index in [4.69, 9.17) is 0 Å². The molecule has 0 aromatic carbocycles. The van der Waals surface area contributed by atoms with Crippen molar-refractivity contribution < 1.29 is 0 Å². The Hall–Kier alpha value is -0.160. The Bertz CT molecular complexity index is 324. The highest BCUT2D eigenvalue weighted by Crippen LogP contribution is 2.37. The molecule has 1 aliphatic rings. The molecule has 0 aromatic heterocycles. The maximum Gasteiger partial charge on any atom is -0.00173 e. The third kappa shape index (κ3) is 18.3. The highest BCUT2D eigenvalue weighted by molar-refractivity contribution is 4.89. The van der Waals surface area contributed by atoms with Crippen LogP contribution in [0.5, 0.6) is 0 Å². The van der Waals surface area contributed by atoms with E-state index in [9.17, 15) is 0 Å². The third-order valence-corrected chi connectivity index (χ3v) is 6.25. The van der Waals surface area contributed by atoms with Crippen LogP contribution >= 0.6 is 0 Å². The molecule has 0 heterocycles. The third-order valence-electron chi connectivity index (χ3n) is 6.25. The normalized spacial score (nSPS) is 18.4. The molecule has 0 aromatic rings. The molecule has 0 amide bonds. The van der Waals surface area contributed by atoms with Crippen LogP contribution in [-0.4, -0.2) is 52.4 Å². The van der Waals surface area contributed by atoms with Gasteiger partial charge in [0.05, 0.1) is 0 Å². The van der Waals surface area contributed by atoms with Crippen molar-refractivity contribution >= 4 is 0 Å². The molecule has 0 unspecified atom stereocenters. The summed E-state index contributed by atoms with van der Waals surface area (Å²) in [6, 6.07) is 0. The van der Waals surface area contributed by atoms with Crippen LogP contribution in [0.15, 0.2) is 0 Å². The van der Waals surface area contributed by atoms with Gasteiger partial charge in [-0.05, 0) is 103 Å². The first-order valence-corrected chi connectivity index (χ1v) is 13.2. The fraction of sp³-hybridized carbons (Fsp3) is 1.00. The highest BCUT2D eigenvalue weighted by Gasteiger charge is 2.35. The predicted octanol–water partition coefficient (Wildman–Crippen LogP) is 4.70. The monoisotopic (exact) mass is 410 g/mol. The molecule has 0 bridgehead atoms. The minimum absolute atomic E-state index is 0.935. The Morgan fingerprint density at radius 1 is 0.483 bits per heavy atom. The highest BCUT2D eigenvalue weighted by atomic mass is 14.9. The molecule has 29 heavy (non-hydrogen) atoms. The van der Waals surface area contributed by atoms with Crippen LogP contribution in [0.4, 0.5) is 0 Å². The number of unbranched alkanes of at least 4 members (excludes halogenated alkanes) is 9. The molecular weight excluding hydrogens is 356 g/mol. The zero-order chi connectivity index (χ0) is 20.8. The molecule has 1 aliphatic carbocycles. The van der Waals surface area contributed by atoms with Crippen molar-refractivity contribution in [3.05, 3.63) is 0 Å². The lowest BCUT2D eigenvalue weighted by Crippen LogP contribution is -2.24. The summed E-state index contributed by atoms with van der Waals surface area (Å²) in [5.41, 5.74) is 0. The van der Waals surface area contributed by atoms with Crippen molar-refractivity contribution in [2.75, 3.05) is 52.4 Å². The van der Waals surface area contributed by atoms with E-state index >= 15 is 0 Å². The molecule has 0 radical (unpaired) electrons. The van der Waals surface area contributed by atoms with Gasteiger partial charge in [0.2, 0.25) is 0 Å². The lowest BCUT2D eigenvalue weighted by atomic mass is 10.1. The van der Waals surface area contributed by atoms with Crippen LogP contribution in [0, 0.1) is 11.8 Å². The maximum atomic E-state index is 3.68. The Morgan fingerprint density at radius 3 is 1.41 bits per heavy atom. The molecular formula is C25H54N4. The largest absolute Gasteiger partial charge is 0.317 e. The number of rotatable bonds is 24. The number of hydrogen-bond acceptors (Lipinski definition) is 4. The van der Waals surface area contributed by atoms with Gasteiger partial charge >= 0.3 is 0 Å². The quantitative estimate of drug-likeness (QED) is 0.174. The fourth-order valence-electron chi connectivity index (χ4n) is 4.07. The van der Waals surface area contributed by atoms with E-state index in [2.05, 4.69) is 35.1 Å². The first kappa shape index (κ1) is 26.9. The SMILES string of the molecule is CCCCCCCCCCNCCCCNC[C@H]1C[C@H]1CNCCCCNCC. The Labute approximate surface area is 183 Å². The minimum Gasteiger partial charge on any atom is -0.317 e. The Kier molecular flexibility index (Phi) is 19.5. The first-order chi connectivity index (χ1) is 14.4. The van der Waals surface area contributed by atoms with Crippen LogP contribution in [0.3, 0.4) is 0 Å². The van der Waals surface area contributed by atoms with Gasteiger partial charge in [-0.2, -0.15) is 0 Å². The van der Waals surface area contributed by atoms with Gasteiger partial charge in [-0.1, -0.05) is 58.8 Å². The summed E-state index contributed by atoms with van der Waals surface area (Å²) >= 11 is 0. The van der Waals surface area contributed by atoms with Crippen LogP contribution in [0.25, 0.3) is 0 Å². The van der Waals surface area contributed by atoms with Crippen molar-refractivity contribution in [1.82, 2.24) is 21.3 Å². The van der Waals surface area contributed by atoms with E-state index in [1.165, 1.54) is 129 Å². The second-order valence-corrected chi connectivity index (χ2v) is 9.16. The lowest BCUT2D eigenvalue weighted by molar-refractivity contribution is 0.523. The van der Waals surface area contributed by atoms with Crippen molar-refractivity contribution in [2.24, 2.45) is 11.8 Å². The summed E-state index contributed by atoms with van der Waals surface area (Å²) in [7, 11) is 0. The summed E-state index contributed by atoms with van der Waals surface area (Å²) in [5, 5.41) is 14.3. The molecule has 0 aliphatic heterocycles. The fourth-order valence-corrected chi connectivity index (χ4v) is 4.07. The van der Waals surface area contributed by atoms with Gasteiger partial charge in [-0.3, -0.25) is 0 Å². The summed E-state index contributed by atoms with van der Waals surface area (Å²) in [6.07, 6.45) is 18.0. The van der Waals surface area contributed by atoms with E-state index in [1.807, 2.05) is 0 Å². The summed E-state index contributed by atoms with van der Waals surface area (Å²) in [5.74, 6) is 1.87. The first-order valence-electron chi connectivity index (χ1n) is 13.2. The number of nitrogens with one attached hydrogen (secondary N) is 4. The lowest BCUT2D eigenvalue weighted by Gasteiger charge is -2.07. The second-order valence-electron chi connectivity index (χ2n) is 9.16. The number of hydrogen-bond donors (Lipinski definition) is 4. The van der Waals surface area contributed by atoms with E-state index < -0.39 is 0 Å². The minimum atomic E-state index is 0.935. The molecule has 0 saturated heterocycles. The van der Waals surface area contributed by atoms with Gasteiger partial charge in [0.25, 0.3) is 0 Å². The van der Waals surface area contributed by atoms with Gasteiger partial charge < -0.3 is 21.3 Å². The topological polar surface area (TPSA) is 48.1 Å². The van der Waals surface area contributed by atoms with Crippen LogP contribution in [0.2, 0.25) is 0 Å². The molecule has 4 nitrogen and oxygen atoms in total. The molecule has 1 saturated carbocycles. The second kappa shape index (κ2) is 21.1. The van der Waals surface area contributed by atoms with Crippen LogP contribution in [-0.2, 0) is 0 Å². The van der Waals surface area contributed by atoms with E-state index in [1.54, 1.807) is 0 Å². The molecule has 2 atom stereocenters. The summed E-state index contributed by atoms with van der Waals surface area (Å²) < 4.78 is 0. The molecule has 174 valence electrons. The van der Waals surface area contributed by atoms with Gasteiger partial charge in [0.1, 0.15) is 0 Å². The zero-order valence-corrected chi connectivity index (χ0v) is 20.0. The van der Waals surface area contributed by atoms with Crippen LogP contribution in [0.1, 0.15) is 97.3 Å². The molecule has 0 spiro atoms. The van der Waals surface area contributed by atoms with Gasteiger partial charge in [-0.15, -0.1) is 0 Å². The Balaban J connectivity index is 1.68. The Morgan fingerprint density at radius 2 is 0.897 bits per heavy atom. The molecule has 1 rings (SSSR count). The van der Waals surface area contributed by atoms with E-state index in [0.29, 0.717) is 0 Å². The van der Waals surface area contributed by atoms with Crippen molar-refractivity contribution in [2.45, 2.75) is 97.3 Å². The van der Waals surface area contributed by atoms with Crippen molar-refractivity contribution in [3.63, 3.8) is 0 Å². The molecule has 1 fully saturated rings. The van der Waals surface area contributed by atoms with Gasteiger partial charge in [0.15, 0.2) is 0 Å². The van der Waals surface area contributed by atoms with Gasteiger partial charge in [0, 0.05) is 0 Å². The molecule has 4 N–H and O–H groups in total. The zero-order valence-electron chi connectivity index (χ0n) is 20.0. The van der Waals surface area contributed by atoms with E-state index in [-0.39, 0.29) is 0 Å². The summed E-state index contributed by atoms with van der Waals surface area (Å²) in [4.78, 5) is 0. The van der Waals surface area contributed by atoms with Crippen molar-refractivity contribution in [1.29, 1.82) is 0 Å². The average Bonchev–Trinajstić information content (AvgIpc) is 3.48. The van der Waals surface area contributed by atoms with Crippen LogP contribution < -0.4 is 21.3 Å².